The van der Waals surface area contributed by atoms with Gasteiger partial charge in [0.1, 0.15) is 5.82 Å². The van der Waals surface area contributed by atoms with Gasteiger partial charge in [-0.3, -0.25) is 0 Å². The van der Waals surface area contributed by atoms with Crippen molar-refractivity contribution in [2.45, 2.75) is 26.2 Å². The first-order chi connectivity index (χ1) is 6.68. The second-order valence-corrected chi connectivity index (χ2v) is 4.49. The lowest BCUT2D eigenvalue weighted by Crippen LogP contribution is -2.33. The van der Waals surface area contributed by atoms with Gasteiger partial charge in [-0.1, -0.05) is 13.3 Å². The number of hydrogen-bond donors (Lipinski definition) is 2. The Morgan fingerprint density at radius 3 is 2.93 bits per heavy atom. The van der Waals surface area contributed by atoms with E-state index in [1.807, 2.05) is 6.07 Å². The Hall–Kier alpha value is -1.25. The molecular weight excluding hydrogens is 174 g/mol. The van der Waals surface area contributed by atoms with Crippen LogP contribution in [-0.4, -0.2) is 11.5 Å². The number of nitrogens with zero attached hydrogens (tertiary/aromatic N) is 1. The van der Waals surface area contributed by atoms with Crippen LogP contribution in [-0.2, 0) is 0 Å². The molecule has 3 heteroatoms. The molecule has 2 rings (SSSR count). The maximum absolute atomic E-state index is 5.66. The van der Waals surface area contributed by atoms with Gasteiger partial charge in [0.05, 0.1) is 0 Å². The highest BCUT2D eigenvalue weighted by atomic mass is 15.0. The quantitative estimate of drug-likeness (QED) is 0.770. The van der Waals surface area contributed by atoms with E-state index >= 15 is 0 Å². The molecule has 1 aliphatic rings. The Balaban J connectivity index is 1.91. The van der Waals surface area contributed by atoms with E-state index in [2.05, 4.69) is 17.2 Å². The van der Waals surface area contributed by atoms with Crippen molar-refractivity contribution in [2.24, 2.45) is 5.41 Å². The van der Waals surface area contributed by atoms with Crippen LogP contribution in [0.4, 0.5) is 11.5 Å². The van der Waals surface area contributed by atoms with Gasteiger partial charge in [0.2, 0.25) is 0 Å². The summed E-state index contributed by atoms with van der Waals surface area (Å²) in [5.41, 5.74) is 6.91. The van der Waals surface area contributed by atoms with Gasteiger partial charge in [0, 0.05) is 24.5 Å². The van der Waals surface area contributed by atoms with Gasteiger partial charge in [0.25, 0.3) is 0 Å². The molecule has 1 heterocycles. The third-order valence-corrected chi connectivity index (χ3v) is 3.04. The zero-order valence-electron chi connectivity index (χ0n) is 8.59. The van der Waals surface area contributed by atoms with E-state index in [0.29, 0.717) is 5.41 Å². The van der Waals surface area contributed by atoms with E-state index in [1.165, 1.54) is 19.3 Å². The predicted molar refractivity (Wildman–Crippen MR) is 59.1 cm³/mol. The topological polar surface area (TPSA) is 50.9 Å². The molecule has 0 amide bonds. The zero-order chi connectivity index (χ0) is 10.0. The van der Waals surface area contributed by atoms with Crippen LogP contribution in [0.25, 0.3) is 0 Å². The van der Waals surface area contributed by atoms with Crippen molar-refractivity contribution in [3.8, 4) is 0 Å². The fraction of sp³-hybridized carbons (Fsp3) is 0.545. The molecule has 1 aromatic rings. The highest BCUT2D eigenvalue weighted by Gasteiger charge is 2.31. The first-order valence-electron chi connectivity index (χ1n) is 5.13. The molecule has 76 valence electrons. The van der Waals surface area contributed by atoms with Crippen molar-refractivity contribution >= 4 is 11.5 Å². The number of aromatic nitrogens is 1. The molecule has 0 unspecified atom stereocenters. The van der Waals surface area contributed by atoms with E-state index in [1.54, 1.807) is 12.3 Å². The number of rotatable bonds is 3. The van der Waals surface area contributed by atoms with Crippen LogP contribution < -0.4 is 11.1 Å². The molecule has 1 saturated carbocycles. The van der Waals surface area contributed by atoms with E-state index in [0.717, 1.165) is 18.1 Å². The number of nitrogen functional groups attached to an aromatic ring is 1. The molecule has 0 bridgehead atoms. The fourth-order valence-electron chi connectivity index (χ4n) is 1.80. The van der Waals surface area contributed by atoms with Gasteiger partial charge >= 0.3 is 0 Å². The molecular formula is C11H17N3. The Labute approximate surface area is 84.7 Å². The average Bonchev–Trinajstić information content (AvgIpc) is 2.12. The number of nitrogens with two attached hydrogens (primary N) is 1. The Kier molecular flexibility index (Phi) is 2.32. The summed E-state index contributed by atoms with van der Waals surface area (Å²) in [7, 11) is 0. The van der Waals surface area contributed by atoms with E-state index in [-0.39, 0.29) is 0 Å². The van der Waals surface area contributed by atoms with Gasteiger partial charge in [0.15, 0.2) is 0 Å². The van der Waals surface area contributed by atoms with Crippen LogP contribution in [0, 0.1) is 5.41 Å². The minimum absolute atomic E-state index is 0.478. The molecule has 3 N–H and O–H groups in total. The van der Waals surface area contributed by atoms with Crippen LogP contribution >= 0.6 is 0 Å². The standard InChI is InChI=1S/C11H17N3/c1-11(4-2-5-11)8-14-10-7-9(12)3-6-13-10/h3,6-7H,2,4-5,8H2,1H3,(H3,12,13,14). The summed E-state index contributed by atoms with van der Waals surface area (Å²) < 4.78 is 0. The fourth-order valence-corrected chi connectivity index (χ4v) is 1.80. The minimum atomic E-state index is 0.478. The molecule has 1 aliphatic carbocycles. The summed E-state index contributed by atoms with van der Waals surface area (Å²) in [5, 5.41) is 3.34. The normalized spacial score (nSPS) is 18.6. The lowest BCUT2D eigenvalue weighted by molar-refractivity contribution is 0.180. The van der Waals surface area contributed by atoms with Crippen LogP contribution in [0.5, 0.6) is 0 Å². The highest BCUT2D eigenvalue weighted by Crippen LogP contribution is 2.40. The van der Waals surface area contributed by atoms with Gasteiger partial charge in [-0.2, -0.15) is 0 Å². The van der Waals surface area contributed by atoms with E-state index < -0.39 is 0 Å². The largest absolute Gasteiger partial charge is 0.399 e. The lowest BCUT2D eigenvalue weighted by Gasteiger charge is -2.38. The van der Waals surface area contributed by atoms with Crippen LogP contribution in [0.2, 0.25) is 0 Å². The van der Waals surface area contributed by atoms with Gasteiger partial charge in [-0.15, -0.1) is 0 Å². The third-order valence-electron chi connectivity index (χ3n) is 3.04. The number of pyridine rings is 1. The van der Waals surface area contributed by atoms with Crippen molar-refractivity contribution in [2.75, 3.05) is 17.6 Å². The monoisotopic (exact) mass is 191 g/mol. The number of anilines is 2. The molecule has 0 spiro atoms. The summed E-state index contributed by atoms with van der Waals surface area (Å²) in [6, 6.07) is 3.68. The molecule has 14 heavy (non-hydrogen) atoms. The van der Waals surface area contributed by atoms with Crippen molar-refractivity contribution in [1.29, 1.82) is 0 Å². The first kappa shape index (κ1) is 9.31. The maximum Gasteiger partial charge on any atom is 0.127 e. The summed E-state index contributed by atoms with van der Waals surface area (Å²) in [4.78, 5) is 4.21. The van der Waals surface area contributed by atoms with Crippen molar-refractivity contribution in [1.82, 2.24) is 4.98 Å². The summed E-state index contributed by atoms with van der Waals surface area (Å²) in [6.45, 7) is 3.32. The molecule has 0 radical (unpaired) electrons. The lowest BCUT2D eigenvalue weighted by atomic mass is 9.70. The summed E-state index contributed by atoms with van der Waals surface area (Å²) in [6.07, 6.45) is 5.74. The second kappa shape index (κ2) is 3.48. The molecule has 0 aliphatic heterocycles. The van der Waals surface area contributed by atoms with E-state index in [4.69, 9.17) is 5.73 Å². The molecule has 1 aromatic heterocycles. The minimum Gasteiger partial charge on any atom is -0.399 e. The average molecular weight is 191 g/mol. The molecule has 0 aromatic carbocycles. The molecule has 0 atom stereocenters. The maximum atomic E-state index is 5.66. The third kappa shape index (κ3) is 1.97. The van der Waals surface area contributed by atoms with Gasteiger partial charge in [-0.05, 0) is 24.3 Å². The number of nitrogens with one attached hydrogen (secondary N) is 1. The summed E-state index contributed by atoms with van der Waals surface area (Å²) in [5.74, 6) is 0.887. The van der Waals surface area contributed by atoms with Crippen molar-refractivity contribution < 1.29 is 0 Å². The van der Waals surface area contributed by atoms with Crippen molar-refractivity contribution in [3.05, 3.63) is 18.3 Å². The van der Waals surface area contributed by atoms with Gasteiger partial charge in [-0.25, -0.2) is 4.98 Å². The highest BCUT2D eigenvalue weighted by molar-refractivity contribution is 5.48. The predicted octanol–water partition coefficient (Wildman–Crippen LogP) is 2.27. The van der Waals surface area contributed by atoms with Crippen LogP contribution in [0.15, 0.2) is 18.3 Å². The van der Waals surface area contributed by atoms with Crippen LogP contribution in [0.1, 0.15) is 26.2 Å². The van der Waals surface area contributed by atoms with Gasteiger partial charge < -0.3 is 11.1 Å². The SMILES string of the molecule is CC1(CNc2cc(N)ccn2)CCC1. The zero-order valence-corrected chi connectivity index (χ0v) is 8.59. The van der Waals surface area contributed by atoms with E-state index in [9.17, 15) is 0 Å². The molecule has 1 fully saturated rings. The molecule has 0 saturated heterocycles. The number of hydrogen-bond acceptors (Lipinski definition) is 3. The second-order valence-electron chi connectivity index (χ2n) is 4.49. The smallest absolute Gasteiger partial charge is 0.127 e. The Morgan fingerprint density at radius 1 is 1.57 bits per heavy atom. The Bertz CT molecular complexity index is 318. The Morgan fingerprint density at radius 2 is 2.36 bits per heavy atom. The van der Waals surface area contributed by atoms with Crippen LogP contribution in [0.3, 0.4) is 0 Å². The first-order valence-corrected chi connectivity index (χ1v) is 5.13. The van der Waals surface area contributed by atoms with Crippen molar-refractivity contribution in [3.63, 3.8) is 0 Å². The molecule has 3 nitrogen and oxygen atoms in total. The summed E-state index contributed by atoms with van der Waals surface area (Å²) >= 11 is 0.